The van der Waals surface area contributed by atoms with E-state index in [-0.39, 0.29) is 4.91 Å². The number of sulfonamides is 1. The Kier molecular flexibility index (Phi) is 2.54. The standard InChI is InChI=1S/C9H11NO2S/c1-7-3-5-9(6-4-7)8(2)13(10,11)12/h3-6H,2H2,1H3,(H2,10,11,12). The molecule has 0 atom stereocenters. The second-order valence-corrected chi connectivity index (χ2v) is 4.42. The van der Waals surface area contributed by atoms with Gasteiger partial charge in [0.15, 0.2) is 0 Å². The van der Waals surface area contributed by atoms with E-state index in [0.717, 1.165) is 5.56 Å². The van der Waals surface area contributed by atoms with Crippen LogP contribution in [0.5, 0.6) is 0 Å². The van der Waals surface area contributed by atoms with E-state index in [0.29, 0.717) is 5.56 Å². The van der Waals surface area contributed by atoms with Gasteiger partial charge >= 0.3 is 0 Å². The summed E-state index contributed by atoms with van der Waals surface area (Å²) in [6.45, 7) is 5.33. The second kappa shape index (κ2) is 3.32. The second-order valence-electron chi connectivity index (χ2n) is 2.83. The average Bonchev–Trinajstić information content (AvgIpc) is 2.03. The lowest BCUT2D eigenvalue weighted by Gasteiger charge is -2.02. The monoisotopic (exact) mass is 197 g/mol. The van der Waals surface area contributed by atoms with Gasteiger partial charge in [0.05, 0.1) is 4.91 Å². The van der Waals surface area contributed by atoms with Crippen LogP contribution in [-0.2, 0) is 10.0 Å². The highest BCUT2D eigenvalue weighted by atomic mass is 32.2. The summed E-state index contributed by atoms with van der Waals surface area (Å²) in [6.07, 6.45) is 0. The molecule has 0 aliphatic heterocycles. The molecule has 0 aliphatic rings. The van der Waals surface area contributed by atoms with Gasteiger partial charge in [-0.1, -0.05) is 36.4 Å². The highest BCUT2D eigenvalue weighted by Gasteiger charge is 2.10. The van der Waals surface area contributed by atoms with Crippen LogP contribution >= 0.6 is 0 Å². The fourth-order valence-electron chi connectivity index (χ4n) is 0.904. The van der Waals surface area contributed by atoms with Crippen molar-refractivity contribution < 1.29 is 8.42 Å². The molecule has 2 N–H and O–H groups in total. The minimum atomic E-state index is -3.66. The van der Waals surface area contributed by atoms with Crippen molar-refractivity contribution in [2.45, 2.75) is 6.92 Å². The van der Waals surface area contributed by atoms with Crippen molar-refractivity contribution in [2.75, 3.05) is 0 Å². The van der Waals surface area contributed by atoms with Crippen molar-refractivity contribution in [1.29, 1.82) is 0 Å². The molecule has 0 aromatic heterocycles. The first-order chi connectivity index (χ1) is 5.91. The molecule has 70 valence electrons. The van der Waals surface area contributed by atoms with E-state index in [9.17, 15) is 8.42 Å². The van der Waals surface area contributed by atoms with Crippen molar-refractivity contribution in [3.8, 4) is 0 Å². The number of rotatable bonds is 2. The van der Waals surface area contributed by atoms with E-state index in [1.807, 2.05) is 19.1 Å². The van der Waals surface area contributed by atoms with Gasteiger partial charge in [0, 0.05) is 0 Å². The largest absolute Gasteiger partial charge is 0.238 e. The smallest absolute Gasteiger partial charge is 0.225 e. The molecule has 0 heterocycles. The lowest BCUT2D eigenvalue weighted by molar-refractivity contribution is 0.607. The fraction of sp³-hybridized carbons (Fsp3) is 0.111. The van der Waals surface area contributed by atoms with Gasteiger partial charge in [-0.05, 0) is 12.5 Å². The van der Waals surface area contributed by atoms with E-state index >= 15 is 0 Å². The minimum Gasteiger partial charge on any atom is -0.225 e. The number of hydrogen-bond acceptors (Lipinski definition) is 2. The molecule has 1 aromatic rings. The van der Waals surface area contributed by atoms with Gasteiger partial charge < -0.3 is 0 Å². The van der Waals surface area contributed by atoms with Gasteiger partial charge in [-0.3, -0.25) is 0 Å². The summed E-state index contributed by atoms with van der Waals surface area (Å²) in [4.78, 5) is -0.0486. The van der Waals surface area contributed by atoms with Crippen LogP contribution < -0.4 is 5.14 Å². The molecule has 0 radical (unpaired) electrons. The molecule has 0 aliphatic carbocycles. The predicted octanol–water partition coefficient (Wildman–Crippen LogP) is 1.25. The maximum atomic E-state index is 10.9. The van der Waals surface area contributed by atoms with Gasteiger partial charge in [0.1, 0.15) is 0 Å². The quantitative estimate of drug-likeness (QED) is 0.775. The zero-order valence-corrected chi connectivity index (χ0v) is 8.14. The van der Waals surface area contributed by atoms with Gasteiger partial charge in [0.2, 0.25) is 10.0 Å². The van der Waals surface area contributed by atoms with Gasteiger partial charge in [-0.25, -0.2) is 13.6 Å². The van der Waals surface area contributed by atoms with Crippen LogP contribution in [0.1, 0.15) is 11.1 Å². The molecule has 0 fully saturated rings. The van der Waals surface area contributed by atoms with Crippen molar-refractivity contribution in [2.24, 2.45) is 5.14 Å². The number of nitrogens with two attached hydrogens (primary N) is 1. The van der Waals surface area contributed by atoms with Crippen LogP contribution in [0.3, 0.4) is 0 Å². The first kappa shape index (κ1) is 9.95. The minimum absolute atomic E-state index is 0.0486. The highest BCUT2D eigenvalue weighted by Crippen LogP contribution is 2.16. The molecule has 0 spiro atoms. The fourth-order valence-corrected chi connectivity index (χ4v) is 1.37. The molecule has 0 bridgehead atoms. The average molecular weight is 197 g/mol. The van der Waals surface area contributed by atoms with Gasteiger partial charge in [-0.15, -0.1) is 0 Å². The predicted molar refractivity (Wildman–Crippen MR) is 53.3 cm³/mol. The Hall–Kier alpha value is -1.13. The van der Waals surface area contributed by atoms with E-state index < -0.39 is 10.0 Å². The number of primary sulfonamides is 1. The van der Waals surface area contributed by atoms with Gasteiger partial charge in [-0.2, -0.15) is 0 Å². The summed E-state index contributed by atoms with van der Waals surface area (Å²) < 4.78 is 21.8. The molecule has 1 rings (SSSR count). The zero-order valence-electron chi connectivity index (χ0n) is 7.32. The maximum absolute atomic E-state index is 10.9. The van der Waals surface area contributed by atoms with Crippen LogP contribution in [0.25, 0.3) is 4.91 Å². The molecular formula is C9H11NO2S. The normalized spacial score (nSPS) is 11.2. The molecular weight excluding hydrogens is 186 g/mol. The van der Waals surface area contributed by atoms with E-state index in [2.05, 4.69) is 6.58 Å². The third kappa shape index (κ3) is 2.40. The van der Waals surface area contributed by atoms with Crippen LogP contribution in [0.4, 0.5) is 0 Å². The van der Waals surface area contributed by atoms with Crippen molar-refractivity contribution in [1.82, 2.24) is 0 Å². The summed E-state index contributed by atoms with van der Waals surface area (Å²) in [7, 11) is -3.66. The third-order valence-corrected chi connectivity index (χ3v) is 2.64. The Morgan fingerprint density at radius 1 is 1.31 bits per heavy atom. The molecule has 1 aromatic carbocycles. The third-order valence-electron chi connectivity index (χ3n) is 1.72. The van der Waals surface area contributed by atoms with Crippen LogP contribution in [0.2, 0.25) is 0 Å². The Morgan fingerprint density at radius 2 is 1.77 bits per heavy atom. The van der Waals surface area contributed by atoms with E-state index in [1.165, 1.54) is 0 Å². The molecule has 0 unspecified atom stereocenters. The van der Waals surface area contributed by atoms with Crippen molar-refractivity contribution in [3.63, 3.8) is 0 Å². The summed E-state index contributed by atoms with van der Waals surface area (Å²) in [5.41, 5.74) is 1.60. The topological polar surface area (TPSA) is 60.2 Å². The SMILES string of the molecule is C=C(c1ccc(C)cc1)S(N)(=O)=O. The zero-order chi connectivity index (χ0) is 10.1. The van der Waals surface area contributed by atoms with Crippen LogP contribution in [0.15, 0.2) is 30.8 Å². The summed E-state index contributed by atoms with van der Waals surface area (Å²) >= 11 is 0. The summed E-state index contributed by atoms with van der Waals surface area (Å²) in [5.74, 6) is 0. The molecule has 0 amide bonds. The lowest BCUT2D eigenvalue weighted by Crippen LogP contribution is -2.12. The molecule has 13 heavy (non-hydrogen) atoms. The number of aryl methyl sites for hydroxylation is 1. The maximum Gasteiger partial charge on any atom is 0.238 e. The number of hydrogen-bond donors (Lipinski definition) is 1. The molecule has 4 heteroatoms. The Labute approximate surface area is 77.9 Å². The summed E-state index contributed by atoms with van der Waals surface area (Å²) in [5, 5.41) is 4.92. The molecule has 0 saturated heterocycles. The molecule has 0 saturated carbocycles. The first-order valence-electron chi connectivity index (χ1n) is 3.70. The molecule has 3 nitrogen and oxygen atoms in total. The highest BCUT2D eigenvalue weighted by molar-refractivity contribution is 7.98. The Balaban J connectivity index is 3.12. The Morgan fingerprint density at radius 3 is 2.15 bits per heavy atom. The van der Waals surface area contributed by atoms with E-state index in [4.69, 9.17) is 5.14 Å². The van der Waals surface area contributed by atoms with Gasteiger partial charge in [0.25, 0.3) is 0 Å². The lowest BCUT2D eigenvalue weighted by atomic mass is 10.1. The Bertz CT molecular complexity index is 417. The first-order valence-corrected chi connectivity index (χ1v) is 5.24. The van der Waals surface area contributed by atoms with Crippen LogP contribution in [0, 0.1) is 6.92 Å². The van der Waals surface area contributed by atoms with Crippen molar-refractivity contribution >= 4 is 14.9 Å². The van der Waals surface area contributed by atoms with Crippen LogP contribution in [-0.4, -0.2) is 8.42 Å². The number of benzene rings is 1. The summed E-state index contributed by atoms with van der Waals surface area (Å²) in [6, 6.07) is 6.99. The van der Waals surface area contributed by atoms with E-state index in [1.54, 1.807) is 12.1 Å². The van der Waals surface area contributed by atoms with Crippen molar-refractivity contribution in [3.05, 3.63) is 42.0 Å².